The van der Waals surface area contributed by atoms with E-state index in [1.54, 1.807) is 0 Å². The molecule has 1 aromatic heterocycles. The highest BCUT2D eigenvalue weighted by atomic mass is 19.2. The van der Waals surface area contributed by atoms with E-state index in [4.69, 9.17) is 0 Å². The molecule has 1 aliphatic heterocycles. The highest BCUT2D eigenvalue weighted by Gasteiger charge is 2.17. The van der Waals surface area contributed by atoms with Crippen LogP contribution in [0.4, 0.5) is 8.78 Å². The summed E-state index contributed by atoms with van der Waals surface area (Å²) in [6.07, 6.45) is 1.72. The van der Waals surface area contributed by atoms with Crippen LogP contribution in [-0.4, -0.2) is 16.5 Å². The van der Waals surface area contributed by atoms with Crippen molar-refractivity contribution >= 4 is 0 Å². The van der Waals surface area contributed by atoms with Gasteiger partial charge in [-0.3, -0.25) is 0 Å². The van der Waals surface area contributed by atoms with Crippen LogP contribution in [0.5, 0.6) is 0 Å². The Labute approximate surface area is 116 Å². The minimum absolute atomic E-state index is 0.461. The molecule has 2 aromatic rings. The van der Waals surface area contributed by atoms with Crippen molar-refractivity contribution in [2.45, 2.75) is 26.3 Å². The Morgan fingerprint density at radius 3 is 2.80 bits per heavy atom. The first-order valence-electron chi connectivity index (χ1n) is 6.74. The molecular weight excluding hydrogens is 260 g/mol. The van der Waals surface area contributed by atoms with E-state index in [-0.39, 0.29) is 0 Å². The molecule has 1 aliphatic rings. The smallest absolute Gasteiger partial charge is 0.159 e. The van der Waals surface area contributed by atoms with E-state index in [9.17, 15) is 8.78 Å². The number of halogens is 2. The molecule has 0 bridgehead atoms. The monoisotopic (exact) mass is 275 g/mol. The van der Waals surface area contributed by atoms with Crippen LogP contribution in [0.15, 0.2) is 18.2 Å². The molecule has 1 N–H and O–H groups in total. The maximum Gasteiger partial charge on any atom is 0.159 e. The number of aromatic nitrogens is 2. The van der Waals surface area contributed by atoms with Crippen molar-refractivity contribution in [2.24, 2.45) is 0 Å². The van der Waals surface area contributed by atoms with Gasteiger partial charge in [0, 0.05) is 17.8 Å². The van der Waals surface area contributed by atoms with Gasteiger partial charge in [-0.2, -0.15) is 0 Å². The maximum atomic E-state index is 13.3. The Kier molecular flexibility index (Phi) is 3.44. The van der Waals surface area contributed by atoms with Gasteiger partial charge in [-0.05, 0) is 43.1 Å². The van der Waals surface area contributed by atoms with Gasteiger partial charge in [-0.25, -0.2) is 18.7 Å². The lowest BCUT2D eigenvalue weighted by Crippen LogP contribution is -2.26. The van der Waals surface area contributed by atoms with Crippen molar-refractivity contribution < 1.29 is 8.78 Å². The van der Waals surface area contributed by atoms with Gasteiger partial charge < -0.3 is 5.32 Å². The van der Waals surface area contributed by atoms with Crippen molar-refractivity contribution in [3.8, 4) is 11.4 Å². The molecule has 0 saturated carbocycles. The number of fused-ring (bicyclic) bond motifs is 1. The van der Waals surface area contributed by atoms with E-state index < -0.39 is 11.6 Å². The predicted molar refractivity (Wildman–Crippen MR) is 72.2 cm³/mol. The molecule has 0 atom stereocenters. The molecule has 0 saturated heterocycles. The van der Waals surface area contributed by atoms with Crippen molar-refractivity contribution in [3.63, 3.8) is 0 Å². The summed E-state index contributed by atoms with van der Waals surface area (Å²) in [5.41, 5.74) is 3.66. The van der Waals surface area contributed by atoms with Gasteiger partial charge in [0.05, 0.1) is 5.69 Å². The number of nitrogens with one attached hydrogen (secondary N) is 1. The van der Waals surface area contributed by atoms with Crippen LogP contribution in [0.3, 0.4) is 0 Å². The van der Waals surface area contributed by atoms with Crippen LogP contribution in [-0.2, 0) is 19.4 Å². The first-order valence-corrected chi connectivity index (χ1v) is 6.74. The minimum Gasteiger partial charge on any atom is -0.311 e. The second-order valence-corrected chi connectivity index (χ2v) is 4.83. The molecule has 3 nitrogen and oxygen atoms in total. The highest BCUT2D eigenvalue weighted by molar-refractivity contribution is 5.56. The summed E-state index contributed by atoms with van der Waals surface area (Å²) < 4.78 is 26.4. The van der Waals surface area contributed by atoms with E-state index >= 15 is 0 Å². The van der Waals surface area contributed by atoms with E-state index in [0.717, 1.165) is 42.9 Å². The Balaban J connectivity index is 2.11. The molecular formula is C15H15F2N3. The van der Waals surface area contributed by atoms with E-state index in [1.165, 1.54) is 11.6 Å². The molecule has 0 aliphatic carbocycles. The van der Waals surface area contributed by atoms with Crippen molar-refractivity contribution in [2.75, 3.05) is 6.54 Å². The summed E-state index contributed by atoms with van der Waals surface area (Å²) in [7, 11) is 0. The summed E-state index contributed by atoms with van der Waals surface area (Å²) >= 11 is 0. The molecule has 0 fully saturated rings. The molecule has 0 amide bonds. The average molecular weight is 275 g/mol. The van der Waals surface area contributed by atoms with Gasteiger partial charge in [0.25, 0.3) is 0 Å². The number of benzene rings is 1. The first kappa shape index (κ1) is 13.1. The number of hydrogen-bond acceptors (Lipinski definition) is 3. The molecule has 0 spiro atoms. The average Bonchev–Trinajstić information content (AvgIpc) is 2.49. The van der Waals surface area contributed by atoms with Crippen LogP contribution < -0.4 is 5.32 Å². The largest absolute Gasteiger partial charge is 0.311 e. The van der Waals surface area contributed by atoms with Gasteiger partial charge in [0.2, 0.25) is 0 Å². The summed E-state index contributed by atoms with van der Waals surface area (Å²) in [6.45, 7) is 3.66. The van der Waals surface area contributed by atoms with Gasteiger partial charge in [-0.1, -0.05) is 6.92 Å². The number of rotatable bonds is 2. The van der Waals surface area contributed by atoms with Crippen LogP contribution >= 0.6 is 0 Å². The fourth-order valence-corrected chi connectivity index (χ4v) is 2.49. The maximum absolute atomic E-state index is 13.3. The fourth-order valence-electron chi connectivity index (χ4n) is 2.49. The second-order valence-electron chi connectivity index (χ2n) is 4.83. The molecule has 5 heteroatoms. The summed E-state index contributed by atoms with van der Waals surface area (Å²) in [5, 5.41) is 3.27. The fraction of sp³-hybridized carbons (Fsp3) is 0.333. The third-order valence-electron chi connectivity index (χ3n) is 3.54. The third kappa shape index (κ3) is 2.29. The molecule has 104 valence electrons. The molecule has 20 heavy (non-hydrogen) atoms. The van der Waals surface area contributed by atoms with E-state index in [0.29, 0.717) is 17.9 Å². The standard InChI is InChI=1S/C15H15F2N3/c1-2-13-10-5-6-18-8-14(10)20-15(19-13)9-3-4-11(16)12(17)7-9/h3-4,7,18H,2,5-6,8H2,1H3. The Bertz CT molecular complexity index is 639. The summed E-state index contributed by atoms with van der Waals surface area (Å²) in [4.78, 5) is 9.02. The normalized spacial score (nSPS) is 14.2. The van der Waals surface area contributed by atoms with Crippen LogP contribution in [0.1, 0.15) is 23.9 Å². The van der Waals surface area contributed by atoms with Crippen molar-refractivity contribution in [1.29, 1.82) is 0 Å². The molecule has 2 heterocycles. The zero-order chi connectivity index (χ0) is 14.1. The van der Waals surface area contributed by atoms with Crippen molar-refractivity contribution in [1.82, 2.24) is 15.3 Å². The SMILES string of the molecule is CCc1nc(-c2ccc(F)c(F)c2)nc2c1CCNC2. The molecule has 0 unspecified atom stereocenters. The molecule has 0 radical (unpaired) electrons. The number of aryl methyl sites for hydroxylation is 1. The van der Waals surface area contributed by atoms with Gasteiger partial charge in [0.15, 0.2) is 17.5 Å². The Morgan fingerprint density at radius 2 is 2.05 bits per heavy atom. The first-order chi connectivity index (χ1) is 9.69. The quantitative estimate of drug-likeness (QED) is 0.915. The van der Waals surface area contributed by atoms with Crippen molar-refractivity contribution in [3.05, 3.63) is 46.8 Å². The predicted octanol–water partition coefficient (Wildman–Crippen LogP) is 2.63. The molecule has 3 rings (SSSR count). The third-order valence-corrected chi connectivity index (χ3v) is 3.54. The zero-order valence-corrected chi connectivity index (χ0v) is 11.2. The van der Waals surface area contributed by atoms with Gasteiger partial charge in [-0.15, -0.1) is 0 Å². The minimum atomic E-state index is -0.875. The number of hydrogen-bond donors (Lipinski definition) is 1. The topological polar surface area (TPSA) is 37.8 Å². The summed E-state index contributed by atoms with van der Waals surface area (Å²) in [6, 6.07) is 3.76. The second kappa shape index (κ2) is 5.25. The lowest BCUT2D eigenvalue weighted by Gasteiger charge is -2.19. The lowest BCUT2D eigenvalue weighted by molar-refractivity contribution is 0.509. The number of nitrogens with zero attached hydrogens (tertiary/aromatic N) is 2. The van der Waals surface area contributed by atoms with Crippen LogP contribution in [0, 0.1) is 11.6 Å². The van der Waals surface area contributed by atoms with E-state index in [2.05, 4.69) is 15.3 Å². The van der Waals surface area contributed by atoms with Gasteiger partial charge >= 0.3 is 0 Å². The Hall–Kier alpha value is -1.88. The zero-order valence-electron chi connectivity index (χ0n) is 11.2. The molecule has 1 aromatic carbocycles. The highest BCUT2D eigenvalue weighted by Crippen LogP contribution is 2.23. The van der Waals surface area contributed by atoms with E-state index in [1.807, 2.05) is 6.92 Å². The van der Waals surface area contributed by atoms with Crippen LogP contribution in [0.25, 0.3) is 11.4 Å². The lowest BCUT2D eigenvalue weighted by atomic mass is 10.0. The van der Waals surface area contributed by atoms with Crippen LogP contribution in [0.2, 0.25) is 0 Å². The summed E-state index contributed by atoms with van der Waals surface area (Å²) in [5.74, 6) is -1.27. The Morgan fingerprint density at radius 1 is 1.20 bits per heavy atom. The van der Waals surface area contributed by atoms with Gasteiger partial charge in [0.1, 0.15) is 0 Å².